The highest BCUT2D eigenvalue weighted by molar-refractivity contribution is 5.84. The smallest absolute Gasteiger partial charge is 0.312 e. The standard InChI is InChI=1S/C25H35FN4O4/c1-19(31)27(2)18-23(32)30-11-8-25(9-12-30)17-22(34-24(25)33)7-10-28-13-15-29(16-14-28)21-5-3-20(26)4-6-21/h3-6,22H,7-18H2,1-2H3/t22-/m0/s1. The van der Waals surface area contributed by atoms with Gasteiger partial charge in [0.05, 0.1) is 12.0 Å². The number of likely N-dealkylation sites (tertiary alicyclic amines) is 1. The van der Waals surface area contributed by atoms with Gasteiger partial charge in [-0.15, -0.1) is 0 Å². The quantitative estimate of drug-likeness (QED) is 0.585. The molecule has 3 saturated heterocycles. The van der Waals surface area contributed by atoms with E-state index in [0.29, 0.717) is 25.9 Å². The zero-order valence-corrected chi connectivity index (χ0v) is 20.2. The fraction of sp³-hybridized carbons (Fsp3) is 0.640. The van der Waals surface area contributed by atoms with Crippen molar-refractivity contribution in [1.82, 2.24) is 14.7 Å². The lowest BCUT2D eigenvalue weighted by molar-refractivity contribution is -0.153. The predicted octanol–water partition coefficient (Wildman–Crippen LogP) is 1.74. The van der Waals surface area contributed by atoms with E-state index in [1.54, 1.807) is 11.9 Å². The molecule has 1 spiro atoms. The molecule has 8 nitrogen and oxygen atoms in total. The van der Waals surface area contributed by atoms with E-state index < -0.39 is 5.41 Å². The first-order chi connectivity index (χ1) is 16.3. The highest BCUT2D eigenvalue weighted by Gasteiger charge is 2.50. The Morgan fingerprint density at radius 3 is 2.35 bits per heavy atom. The molecule has 0 aliphatic carbocycles. The van der Waals surface area contributed by atoms with Crippen LogP contribution in [0.2, 0.25) is 0 Å². The number of amides is 2. The van der Waals surface area contributed by atoms with E-state index in [1.807, 2.05) is 12.1 Å². The molecule has 0 aromatic heterocycles. The molecule has 3 aliphatic heterocycles. The lowest BCUT2D eigenvalue weighted by Crippen LogP contribution is -2.48. The molecule has 0 radical (unpaired) electrons. The van der Waals surface area contributed by atoms with Crippen molar-refractivity contribution < 1.29 is 23.5 Å². The number of anilines is 1. The fourth-order valence-electron chi connectivity index (χ4n) is 5.21. The van der Waals surface area contributed by atoms with Crippen molar-refractivity contribution >= 4 is 23.5 Å². The minimum Gasteiger partial charge on any atom is -0.462 e. The molecule has 3 aliphatic rings. The number of cyclic esters (lactones) is 1. The molecule has 4 rings (SSSR count). The Labute approximate surface area is 200 Å². The summed E-state index contributed by atoms with van der Waals surface area (Å²) in [7, 11) is 1.62. The lowest BCUT2D eigenvalue weighted by atomic mass is 9.75. The average Bonchev–Trinajstić information content (AvgIpc) is 3.13. The number of piperidine rings is 1. The van der Waals surface area contributed by atoms with Gasteiger partial charge in [-0.3, -0.25) is 19.3 Å². The summed E-state index contributed by atoms with van der Waals surface area (Å²) in [5, 5.41) is 0. The number of benzene rings is 1. The zero-order valence-electron chi connectivity index (χ0n) is 20.2. The van der Waals surface area contributed by atoms with Gasteiger partial charge in [-0.1, -0.05) is 0 Å². The minimum absolute atomic E-state index is 0.0732. The number of hydrogen-bond acceptors (Lipinski definition) is 6. The van der Waals surface area contributed by atoms with Crippen molar-refractivity contribution in [2.45, 2.75) is 38.7 Å². The number of rotatable bonds is 6. The molecule has 3 heterocycles. The molecule has 186 valence electrons. The van der Waals surface area contributed by atoms with Crippen molar-refractivity contribution in [3.8, 4) is 0 Å². The highest BCUT2D eigenvalue weighted by atomic mass is 19.1. The first kappa shape index (κ1) is 24.4. The van der Waals surface area contributed by atoms with Crippen LogP contribution >= 0.6 is 0 Å². The summed E-state index contributed by atoms with van der Waals surface area (Å²) in [6, 6.07) is 6.64. The van der Waals surface area contributed by atoms with E-state index in [1.165, 1.54) is 24.0 Å². The van der Waals surface area contributed by atoms with E-state index >= 15 is 0 Å². The van der Waals surface area contributed by atoms with Gasteiger partial charge >= 0.3 is 5.97 Å². The van der Waals surface area contributed by atoms with E-state index in [-0.39, 0.29) is 36.2 Å². The van der Waals surface area contributed by atoms with Crippen LogP contribution in [0.25, 0.3) is 0 Å². The Bertz CT molecular complexity index is 893. The van der Waals surface area contributed by atoms with Crippen LogP contribution in [0.3, 0.4) is 0 Å². The molecule has 1 atom stereocenters. The van der Waals surface area contributed by atoms with Gasteiger partial charge in [0.25, 0.3) is 0 Å². The van der Waals surface area contributed by atoms with Gasteiger partial charge in [0.15, 0.2) is 0 Å². The Morgan fingerprint density at radius 2 is 1.74 bits per heavy atom. The monoisotopic (exact) mass is 474 g/mol. The van der Waals surface area contributed by atoms with Crippen LogP contribution in [0.4, 0.5) is 10.1 Å². The minimum atomic E-state index is -0.477. The molecule has 1 aromatic carbocycles. The second-order valence-electron chi connectivity index (χ2n) is 9.86. The van der Waals surface area contributed by atoms with Crippen LogP contribution in [0.1, 0.15) is 32.6 Å². The highest BCUT2D eigenvalue weighted by Crippen LogP contribution is 2.44. The van der Waals surface area contributed by atoms with Gasteiger partial charge in [-0.2, -0.15) is 0 Å². The number of nitrogens with zero attached hydrogens (tertiary/aromatic N) is 4. The number of halogens is 1. The average molecular weight is 475 g/mol. The molecule has 0 bridgehead atoms. The molecule has 2 amide bonds. The van der Waals surface area contributed by atoms with E-state index in [4.69, 9.17) is 4.74 Å². The van der Waals surface area contributed by atoms with Crippen LogP contribution in [0, 0.1) is 11.2 Å². The topological polar surface area (TPSA) is 73.4 Å². The summed E-state index contributed by atoms with van der Waals surface area (Å²) in [6.45, 7) is 7.08. The number of hydrogen-bond donors (Lipinski definition) is 0. The van der Waals surface area contributed by atoms with Crippen LogP contribution in [0.15, 0.2) is 24.3 Å². The van der Waals surface area contributed by atoms with Crippen LogP contribution < -0.4 is 4.90 Å². The third-order valence-corrected chi connectivity index (χ3v) is 7.64. The Morgan fingerprint density at radius 1 is 1.09 bits per heavy atom. The summed E-state index contributed by atoms with van der Waals surface area (Å²) in [4.78, 5) is 44.4. The van der Waals surface area contributed by atoms with E-state index in [0.717, 1.165) is 51.3 Å². The molecule has 1 aromatic rings. The Balaban J connectivity index is 1.20. The third kappa shape index (κ3) is 5.51. The number of piperazine rings is 1. The van der Waals surface area contributed by atoms with Gasteiger partial charge in [-0.05, 0) is 43.5 Å². The van der Waals surface area contributed by atoms with Gasteiger partial charge in [-0.25, -0.2) is 4.39 Å². The molecule has 0 N–H and O–H groups in total. The van der Waals surface area contributed by atoms with Crippen LogP contribution in [-0.4, -0.2) is 98.0 Å². The summed E-state index contributed by atoms with van der Waals surface area (Å²) in [5.41, 5.74) is 0.570. The maximum atomic E-state index is 13.2. The summed E-state index contributed by atoms with van der Waals surface area (Å²) < 4.78 is 18.9. The molecule has 9 heteroatoms. The van der Waals surface area contributed by atoms with Crippen LogP contribution in [0.5, 0.6) is 0 Å². The molecule has 0 unspecified atom stereocenters. The molecule has 3 fully saturated rings. The molecule has 0 saturated carbocycles. The second kappa shape index (κ2) is 10.3. The molecular weight excluding hydrogens is 439 g/mol. The number of likely N-dealkylation sites (N-methyl/N-ethyl adjacent to an activating group) is 1. The summed E-state index contributed by atoms with van der Waals surface area (Å²) >= 11 is 0. The first-order valence-corrected chi connectivity index (χ1v) is 12.2. The second-order valence-corrected chi connectivity index (χ2v) is 9.86. The van der Waals surface area contributed by atoms with Crippen LogP contribution in [-0.2, 0) is 19.1 Å². The summed E-state index contributed by atoms with van der Waals surface area (Å²) in [5.74, 6) is -0.549. The molecular formula is C25H35FN4O4. The number of carbonyl (C=O) groups is 3. The van der Waals surface area contributed by atoms with Crippen molar-refractivity contribution in [2.75, 3.05) is 64.3 Å². The zero-order chi connectivity index (χ0) is 24.3. The third-order valence-electron chi connectivity index (χ3n) is 7.64. The van der Waals surface area contributed by atoms with Crippen molar-refractivity contribution in [3.05, 3.63) is 30.1 Å². The largest absolute Gasteiger partial charge is 0.462 e. The first-order valence-electron chi connectivity index (χ1n) is 12.2. The number of esters is 1. The van der Waals surface area contributed by atoms with E-state index in [2.05, 4.69) is 9.80 Å². The van der Waals surface area contributed by atoms with Gasteiger partial charge in [0.1, 0.15) is 11.9 Å². The lowest BCUT2D eigenvalue weighted by Gasteiger charge is -2.37. The Kier molecular flexibility index (Phi) is 7.40. The SMILES string of the molecule is CC(=O)N(C)CC(=O)N1CCC2(CC1)C[C@H](CCN1CCN(c3ccc(F)cc3)CC1)OC2=O. The van der Waals surface area contributed by atoms with Crippen molar-refractivity contribution in [3.63, 3.8) is 0 Å². The van der Waals surface area contributed by atoms with Crippen molar-refractivity contribution in [2.24, 2.45) is 5.41 Å². The Hall–Kier alpha value is -2.68. The number of ether oxygens (including phenoxy) is 1. The van der Waals surface area contributed by atoms with Gasteiger partial charge in [0.2, 0.25) is 11.8 Å². The van der Waals surface area contributed by atoms with E-state index in [9.17, 15) is 18.8 Å². The normalized spacial score (nSPS) is 22.7. The van der Waals surface area contributed by atoms with Gasteiger partial charge < -0.3 is 19.4 Å². The van der Waals surface area contributed by atoms with Gasteiger partial charge in [0, 0.05) is 71.9 Å². The fourth-order valence-corrected chi connectivity index (χ4v) is 5.21. The van der Waals surface area contributed by atoms with Crippen molar-refractivity contribution in [1.29, 1.82) is 0 Å². The number of carbonyl (C=O) groups excluding carboxylic acids is 3. The predicted molar refractivity (Wildman–Crippen MR) is 126 cm³/mol. The summed E-state index contributed by atoms with van der Waals surface area (Å²) in [6.07, 6.45) is 2.70. The molecule has 34 heavy (non-hydrogen) atoms. The maximum absolute atomic E-state index is 13.2. The maximum Gasteiger partial charge on any atom is 0.312 e.